The smallest absolute Gasteiger partial charge is 0.325 e. The number of hydrogen-bond acceptors (Lipinski definition) is 3. The molecule has 0 aliphatic heterocycles. The van der Waals surface area contributed by atoms with Crippen molar-refractivity contribution < 1.29 is 9.59 Å². The van der Waals surface area contributed by atoms with Gasteiger partial charge in [0.15, 0.2) is 0 Å². The molecule has 1 aromatic carbocycles. The quantitative estimate of drug-likeness (QED) is 0.679. The number of imide groups is 1. The number of nitrogens with two attached hydrogens (primary N) is 1. The van der Waals surface area contributed by atoms with E-state index in [4.69, 9.17) is 5.73 Å². The number of carbonyl (C=O) groups excluding carboxylic acids is 2. The molecule has 0 heterocycles. The molecular formula is C12H15N3O2. The van der Waals surface area contributed by atoms with Crippen LogP contribution in [0.2, 0.25) is 0 Å². The van der Waals surface area contributed by atoms with Crippen LogP contribution in [-0.2, 0) is 0 Å². The highest BCUT2D eigenvalue weighted by Gasteiger charge is 2.08. The molecule has 0 aliphatic rings. The van der Waals surface area contributed by atoms with Gasteiger partial charge in [0.05, 0.1) is 0 Å². The molecule has 4 N–H and O–H groups in total. The normalized spacial score (nSPS) is 9.29. The molecule has 0 aliphatic carbocycles. The summed E-state index contributed by atoms with van der Waals surface area (Å²) < 4.78 is 0. The predicted molar refractivity (Wildman–Crippen MR) is 66.3 cm³/mol. The number of amides is 3. The summed E-state index contributed by atoms with van der Waals surface area (Å²) in [5, 5.41) is 4.63. The summed E-state index contributed by atoms with van der Waals surface area (Å²) in [7, 11) is 0. The minimum absolute atomic E-state index is 0.381. The van der Waals surface area contributed by atoms with E-state index in [1.807, 2.05) is 13.8 Å². The molecule has 0 unspecified atom stereocenters. The number of anilines is 1. The summed E-state index contributed by atoms with van der Waals surface area (Å²) in [5.41, 5.74) is 7.37. The molecule has 0 radical (unpaired) electrons. The summed E-state index contributed by atoms with van der Waals surface area (Å²) in [6.07, 6.45) is 1.52. The predicted octanol–water partition coefficient (Wildman–Crippen LogP) is 1.63. The summed E-state index contributed by atoms with van der Waals surface area (Å²) in [5.74, 6) is -0.468. The molecule has 17 heavy (non-hydrogen) atoms. The third-order valence-electron chi connectivity index (χ3n) is 1.89. The van der Waals surface area contributed by atoms with E-state index in [9.17, 15) is 9.59 Å². The maximum absolute atomic E-state index is 11.6. The van der Waals surface area contributed by atoms with Crippen molar-refractivity contribution in [3.8, 4) is 0 Å². The van der Waals surface area contributed by atoms with Gasteiger partial charge >= 0.3 is 6.03 Å². The number of carbonyl (C=O) groups is 2. The maximum Gasteiger partial charge on any atom is 0.325 e. The summed E-state index contributed by atoms with van der Waals surface area (Å²) in [6, 6.07) is 5.75. The van der Waals surface area contributed by atoms with Gasteiger partial charge in [-0.25, -0.2) is 4.79 Å². The molecule has 5 nitrogen and oxygen atoms in total. The van der Waals surface area contributed by atoms with Gasteiger partial charge in [-0.3, -0.25) is 10.1 Å². The second-order valence-electron chi connectivity index (χ2n) is 3.77. The van der Waals surface area contributed by atoms with Crippen molar-refractivity contribution in [1.29, 1.82) is 0 Å². The largest absolute Gasteiger partial charge is 0.399 e. The summed E-state index contributed by atoms with van der Waals surface area (Å²) >= 11 is 0. The zero-order chi connectivity index (χ0) is 12.8. The Bertz CT molecular complexity index is 445. The van der Waals surface area contributed by atoms with Crippen LogP contribution in [0.1, 0.15) is 24.2 Å². The van der Waals surface area contributed by atoms with Gasteiger partial charge in [0, 0.05) is 17.5 Å². The molecule has 0 saturated heterocycles. The Morgan fingerprint density at radius 2 is 1.76 bits per heavy atom. The second kappa shape index (κ2) is 5.69. The minimum Gasteiger partial charge on any atom is -0.399 e. The third kappa shape index (κ3) is 4.38. The molecule has 0 aromatic heterocycles. The number of hydrogen-bond donors (Lipinski definition) is 3. The molecular weight excluding hydrogens is 218 g/mol. The highest BCUT2D eigenvalue weighted by molar-refractivity contribution is 6.04. The fraction of sp³-hybridized carbons (Fsp3) is 0.167. The van der Waals surface area contributed by atoms with Crippen LogP contribution in [0.4, 0.5) is 10.5 Å². The zero-order valence-electron chi connectivity index (χ0n) is 9.78. The van der Waals surface area contributed by atoms with Crippen molar-refractivity contribution in [2.24, 2.45) is 0 Å². The van der Waals surface area contributed by atoms with Crippen molar-refractivity contribution in [1.82, 2.24) is 10.6 Å². The molecule has 1 rings (SSSR count). The molecule has 90 valence electrons. The van der Waals surface area contributed by atoms with E-state index in [1.54, 1.807) is 24.3 Å². The average Bonchev–Trinajstić information content (AvgIpc) is 2.27. The molecule has 0 saturated carbocycles. The number of urea groups is 1. The number of allylic oxidation sites excluding steroid dienone is 1. The van der Waals surface area contributed by atoms with Gasteiger partial charge in [-0.1, -0.05) is 5.57 Å². The second-order valence-corrected chi connectivity index (χ2v) is 3.77. The highest BCUT2D eigenvalue weighted by atomic mass is 16.2. The van der Waals surface area contributed by atoms with E-state index in [0.29, 0.717) is 11.3 Å². The van der Waals surface area contributed by atoms with E-state index < -0.39 is 11.9 Å². The van der Waals surface area contributed by atoms with Gasteiger partial charge in [0.1, 0.15) is 0 Å². The van der Waals surface area contributed by atoms with Crippen molar-refractivity contribution >= 4 is 17.6 Å². The monoisotopic (exact) mass is 233 g/mol. The van der Waals surface area contributed by atoms with Crippen molar-refractivity contribution in [3.05, 3.63) is 41.6 Å². The Labute approximate surface area is 99.7 Å². The first-order chi connectivity index (χ1) is 7.99. The van der Waals surface area contributed by atoms with Crippen molar-refractivity contribution in [2.75, 3.05) is 5.73 Å². The first-order valence-corrected chi connectivity index (χ1v) is 5.10. The highest BCUT2D eigenvalue weighted by Crippen LogP contribution is 2.04. The molecule has 0 atom stereocenters. The standard InChI is InChI=1S/C12H15N3O2/c1-8(2)7-14-12(17)15-11(16)9-3-5-10(13)6-4-9/h3-7H,13H2,1-2H3,(H2,14,15,16,17). The Morgan fingerprint density at radius 3 is 2.29 bits per heavy atom. The van der Waals surface area contributed by atoms with Gasteiger partial charge in [0.2, 0.25) is 0 Å². The first kappa shape index (κ1) is 12.8. The molecule has 5 heteroatoms. The fourth-order valence-electron chi connectivity index (χ4n) is 1.06. The Morgan fingerprint density at radius 1 is 1.18 bits per heavy atom. The van der Waals surface area contributed by atoms with Gasteiger partial charge in [0.25, 0.3) is 5.91 Å². The van der Waals surface area contributed by atoms with Crippen LogP contribution in [0.15, 0.2) is 36.0 Å². The molecule has 0 bridgehead atoms. The van der Waals surface area contributed by atoms with Crippen molar-refractivity contribution in [3.63, 3.8) is 0 Å². The SMILES string of the molecule is CC(C)=CNC(=O)NC(=O)c1ccc(N)cc1. The van der Waals surface area contributed by atoms with Crippen LogP contribution in [0.25, 0.3) is 0 Å². The van der Waals surface area contributed by atoms with Crippen LogP contribution in [0, 0.1) is 0 Å². The molecule has 1 aromatic rings. The average molecular weight is 233 g/mol. The number of nitrogens with one attached hydrogen (secondary N) is 2. The number of rotatable bonds is 2. The maximum atomic E-state index is 11.6. The minimum atomic E-state index is -0.562. The fourth-order valence-corrected chi connectivity index (χ4v) is 1.06. The van der Waals surface area contributed by atoms with Crippen LogP contribution in [0.3, 0.4) is 0 Å². The lowest BCUT2D eigenvalue weighted by atomic mass is 10.2. The third-order valence-corrected chi connectivity index (χ3v) is 1.89. The van der Waals surface area contributed by atoms with Gasteiger partial charge in [-0.05, 0) is 38.1 Å². The number of benzene rings is 1. The summed E-state index contributed by atoms with van der Waals surface area (Å²) in [4.78, 5) is 22.9. The molecule has 3 amide bonds. The van der Waals surface area contributed by atoms with Gasteiger partial charge < -0.3 is 11.1 Å². The molecule has 0 fully saturated rings. The van der Waals surface area contributed by atoms with Crippen LogP contribution in [-0.4, -0.2) is 11.9 Å². The zero-order valence-corrected chi connectivity index (χ0v) is 9.78. The van der Waals surface area contributed by atoms with E-state index in [0.717, 1.165) is 5.57 Å². The Balaban J connectivity index is 2.58. The van der Waals surface area contributed by atoms with Crippen LogP contribution in [0.5, 0.6) is 0 Å². The van der Waals surface area contributed by atoms with Gasteiger partial charge in [-0.2, -0.15) is 0 Å². The lowest BCUT2D eigenvalue weighted by Gasteiger charge is -2.04. The van der Waals surface area contributed by atoms with Crippen LogP contribution >= 0.6 is 0 Å². The van der Waals surface area contributed by atoms with E-state index in [2.05, 4.69) is 10.6 Å². The number of nitrogen functional groups attached to an aromatic ring is 1. The van der Waals surface area contributed by atoms with Crippen LogP contribution < -0.4 is 16.4 Å². The lowest BCUT2D eigenvalue weighted by molar-refractivity contribution is 0.0965. The lowest BCUT2D eigenvalue weighted by Crippen LogP contribution is -2.37. The molecule has 0 spiro atoms. The van der Waals surface area contributed by atoms with E-state index in [1.165, 1.54) is 6.20 Å². The Kier molecular flexibility index (Phi) is 4.28. The van der Waals surface area contributed by atoms with Gasteiger partial charge in [-0.15, -0.1) is 0 Å². The summed E-state index contributed by atoms with van der Waals surface area (Å²) in [6.45, 7) is 3.67. The Hall–Kier alpha value is -2.30. The topological polar surface area (TPSA) is 84.2 Å². The first-order valence-electron chi connectivity index (χ1n) is 5.10. The van der Waals surface area contributed by atoms with E-state index >= 15 is 0 Å². The van der Waals surface area contributed by atoms with E-state index in [-0.39, 0.29) is 0 Å². The van der Waals surface area contributed by atoms with Crippen molar-refractivity contribution in [2.45, 2.75) is 13.8 Å².